The van der Waals surface area contributed by atoms with E-state index in [9.17, 15) is 4.79 Å². The van der Waals surface area contributed by atoms with Crippen LogP contribution in [0, 0.1) is 13.0 Å². The van der Waals surface area contributed by atoms with E-state index in [0.29, 0.717) is 12.2 Å². The van der Waals surface area contributed by atoms with Gasteiger partial charge < -0.3 is 5.32 Å². The van der Waals surface area contributed by atoms with Gasteiger partial charge in [-0.1, -0.05) is 18.2 Å². The lowest BCUT2D eigenvalue weighted by Gasteiger charge is -2.18. The molecule has 26 heavy (non-hydrogen) atoms. The molecular formula is C21H23N4O. The van der Waals surface area contributed by atoms with Crippen LogP contribution in [0.15, 0.2) is 48.9 Å². The van der Waals surface area contributed by atoms with Crippen molar-refractivity contribution in [3.63, 3.8) is 0 Å². The number of amides is 1. The van der Waals surface area contributed by atoms with Crippen molar-refractivity contribution in [3.05, 3.63) is 71.8 Å². The van der Waals surface area contributed by atoms with Crippen LogP contribution in [0.1, 0.15) is 42.4 Å². The number of aromatic nitrogens is 3. The molecule has 3 aromatic rings. The Morgan fingerprint density at radius 2 is 2.04 bits per heavy atom. The Morgan fingerprint density at radius 1 is 1.23 bits per heavy atom. The fourth-order valence-corrected chi connectivity index (χ4v) is 2.64. The van der Waals surface area contributed by atoms with E-state index in [1.165, 1.54) is 0 Å². The van der Waals surface area contributed by atoms with Gasteiger partial charge in [-0.2, -0.15) is 5.10 Å². The topological polar surface area (TPSA) is 59.8 Å². The van der Waals surface area contributed by atoms with Crippen LogP contribution in [0.25, 0.3) is 11.1 Å². The molecule has 0 atom stereocenters. The Kier molecular flexibility index (Phi) is 4.89. The van der Waals surface area contributed by atoms with Crippen molar-refractivity contribution in [2.45, 2.75) is 39.8 Å². The molecule has 2 aromatic heterocycles. The smallest absolute Gasteiger partial charge is 0.272 e. The number of pyridine rings is 1. The maximum absolute atomic E-state index is 12.4. The van der Waals surface area contributed by atoms with Gasteiger partial charge in [-0.3, -0.25) is 14.5 Å². The number of aryl methyl sites for hydroxylation is 1. The van der Waals surface area contributed by atoms with Crippen LogP contribution in [0.4, 0.5) is 0 Å². The van der Waals surface area contributed by atoms with E-state index in [2.05, 4.69) is 27.5 Å². The summed E-state index contributed by atoms with van der Waals surface area (Å²) in [7, 11) is 0. The number of nitrogens with one attached hydrogen (secondary N) is 1. The average Bonchev–Trinajstić information content (AvgIpc) is 3.12. The largest absolute Gasteiger partial charge is 0.347 e. The van der Waals surface area contributed by atoms with Gasteiger partial charge in [0, 0.05) is 31.2 Å². The van der Waals surface area contributed by atoms with Gasteiger partial charge in [0.1, 0.15) is 5.69 Å². The summed E-state index contributed by atoms with van der Waals surface area (Å²) in [5.74, 6) is -0.168. The summed E-state index contributed by atoms with van der Waals surface area (Å²) in [5, 5.41) is 7.31. The number of hydrogen-bond acceptors (Lipinski definition) is 3. The first kappa shape index (κ1) is 17.9. The summed E-state index contributed by atoms with van der Waals surface area (Å²) in [6, 6.07) is 13.0. The molecule has 0 fully saturated rings. The number of nitrogens with zero attached hydrogens (tertiary/aromatic N) is 3. The highest BCUT2D eigenvalue weighted by molar-refractivity contribution is 5.92. The van der Waals surface area contributed by atoms with E-state index >= 15 is 0 Å². The van der Waals surface area contributed by atoms with Crippen molar-refractivity contribution in [1.29, 1.82) is 0 Å². The summed E-state index contributed by atoms with van der Waals surface area (Å²) < 4.78 is 1.80. The zero-order valence-corrected chi connectivity index (χ0v) is 15.6. The summed E-state index contributed by atoms with van der Waals surface area (Å²) in [5.41, 5.74) is 4.57. The monoisotopic (exact) mass is 347 g/mol. The van der Waals surface area contributed by atoms with E-state index in [4.69, 9.17) is 0 Å². The molecular weight excluding hydrogens is 324 g/mol. The van der Waals surface area contributed by atoms with Crippen LogP contribution in [0.2, 0.25) is 0 Å². The SMILES string of the molecule is Cc1cc(-c2[c]cncc2)ccc1CNC(=O)c1ccn(C(C)(C)C)n1. The Labute approximate surface area is 154 Å². The van der Waals surface area contributed by atoms with Crippen LogP contribution in [-0.2, 0) is 12.1 Å². The molecule has 0 unspecified atom stereocenters. The highest BCUT2D eigenvalue weighted by Gasteiger charge is 2.17. The molecule has 5 nitrogen and oxygen atoms in total. The molecule has 3 rings (SSSR count). The molecule has 133 valence electrons. The Bertz CT molecular complexity index is 907. The van der Waals surface area contributed by atoms with E-state index in [0.717, 1.165) is 22.3 Å². The van der Waals surface area contributed by atoms with Crippen molar-refractivity contribution in [3.8, 4) is 11.1 Å². The second-order valence-electron chi connectivity index (χ2n) is 7.29. The molecule has 0 spiro atoms. The molecule has 0 aliphatic carbocycles. The van der Waals surface area contributed by atoms with Crippen molar-refractivity contribution in [1.82, 2.24) is 20.1 Å². The fourth-order valence-electron chi connectivity index (χ4n) is 2.64. The molecule has 2 heterocycles. The van der Waals surface area contributed by atoms with Gasteiger partial charge in [0.15, 0.2) is 0 Å². The Hall–Kier alpha value is -2.95. The van der Waals surface area contributed by atoms with E-state index in [-0.39, 0.29) is 11.4 Å². The van der Waals surface area contributed by atoms with Crippen LogP contribution in [-0.4, -0.2) is 20.7 Å². The number of benzene rings is 1. The minimum Gasteiger partial charge on any atom is -0.347 e. The number of rotatable bonds is 4. The normalized spacial score (nSPS) is 11.4. The first-order chi connectivity index (χ1) is 12.3. The van der Waals surface area contributed by atoms with E-state index < -0.39 is 0 Å². The maximum atomic E-state index is 12.4. The van der Waals surface area contributed by atoms with Crippen LogP contribution < -0.4 is 5.32 Å². The maximum Gasteiger partial charge on any atom is 0.272 e. The van der Waals surface area contributed by atoms with Crippen LogP contribution >= 0.6 is 0 Å². The highest BCUT2D eigenvalue weighted by Crippen LogP contribution is 2.21. The third-order valence-electron chi connectivity index (χ3n) is 4.22. The minimum atomic E-state index is -0.168. The van der Waals surface area contributed by atoms with Gasteiger partial charge >= 0.3 is 0 Å². The molecule has 5 heteroatoms. The van der Waals surface area contributed by atoms with Gasteiger partial charge in [-0.05, 0) is 62.1 Å². The van der Waals surface area contributed by atoms with Crippen LogP contribution in [0.5, 0.6) is 0 Å². The molecule has 0 aliphatic rings. The van der Waals surface area contributed by atoms with Crippen molar-refractivity contribution in [2.75, 3.05) is 0 Å². The molecule has 0 bridgehead atoms. The lowest BCUT2D eigenvalue weighted by molar-refractivity contribution is 0.0944. The predicted octanol–water partition coefficient (Wildman–Crippen LogP) is 3.74. The highest BCUT2D eigenvalue weighted by atomic mass is 16.1. The molecule has 0 aliphatic heterocycles. The van der Waals surface area contributed by atoms with Gasteiger partial charge in [-0.25, -0.2) is 0 Å². The first-order valence-electron chi connectivity index (χ1n) is 8.60. The van der Waals surface area contributed by atoms with Crippen molar-refractivity contribution < 1.29 is 4.79 Å². The predicted molar refractivity (Wildman–Crippen MR) is 102 cm³/mol. The summed E-state index contributed by atoms with van der Waals surface area (Å²) in [6.45, 7) is 8.65. The third kappa shape index (κ3) is 3.99. The van der Waals surface area contributed by atoms with Gasteiger partial charge in [0.25, 0.3) is 5.91 Å². The zero-order valence-electron chi connectivity index (χ0n) is 15.6. The zero-order chi connectivity index (χ0) is 18.7. The molecule has 1 amide bonds. The second-order valence-corrected chi connectivity index (χ2v) is 7.29. The molecule has 1 N–H and O–H groups in total. The van der Waals surface area contributed by atoms with Gasteiger partial charge in [0.2, 0.25) is 0 Å². The third-order valence-corrected chi connectivity index (χ3v) is 4.22. The number of carbonyl (C=O) groups excluding carboxylic acids is 1. The van der Waals surface area contributed by atoms with Crippen molar-refractivity contribution >= 4 is 5.91 Å². The minimum absolute atomic E-state index is 0.144. The van der Waals surface area contributed by atoms with Crippen molar-refractivity contribution in [2.24, 2.45) is 0 Å². The number of carbonyl (C=O) groups is 1. The van der Waals surface area contributed by atoms with E-state index in [1.54, 1.807) is 23.1 Å². The summed E-state index contributed by atoms with van der Waals surface area (Å²) >= 11 is 0. The average molecular weight is 347 g/mol. The summed E-state index contributed by atoms with van der Waals surface area (Å²) in [4.78, 5) is 16.4. The molecule has 1 radical (unpaired) electrons. The fraction of sp³-hybridized carbons (Fsp3) is 0.286. The van der Waals surface area contributed by atoms with Crippen LogP contribution in [0.3, 0.4) is 0 Å². The first-order valence-corrected chi connectivity index (χ1v) is 8.60. The standard InChI is InChI=1S/C21H23N4O/c1-15-13-17(16-7-10-22-11-8-16)5-6-18(15)14-23-20(26)19-9-12-25(24-19)21(2,3)4/h5-7,9-13H,14H2,1-4H3,(H,23,26). The number of hydrogen-bond donors (Lipinski definition) is 1. The summed E-state index contributed by atoms with van der Waals surface area (Å²) in [6.07, 6.45) is 5.25. The molecule has 0 saturated heterocycles. The van der Waals surface area contributed by atoms with Gasteiger partial charge in [0.05, 0.1) is 5.54 Å². The van der Waals surface area contributed by atoms with E-state index in [1.807, 2.05) is 52.1 Å². The lowest BCUT2D eigenvalue weighted by atomic mass is 10.0. The quantitative estimate of drug-likeness (QED) is 0.782. The lowest BCUT2D eigenvalue weighted by Crippen LogP contribution is -2.26. The molecule has 0 saturated carbocycles. The second kappa shape index (κ2) is 7.12. The molecule has 1 aromatic carbocycles. The Morgan fingerprint density at radius 3 is 2.65 bits per heavy atom. The Balaban J connectivity index is 1.68. The van der Waals surface area contributed by atoms with Gasteiger partial charge in [-0.15, -0.1) is 0 Å².